The molecule has 3 aromatic rings. The molecule has 7 heteroatoms. The molecule has 0 unspecified atom stereocenters. The highest BCUT2D eigenvalue weighted by Gasteiger charge is 2.27. The Morgan fingerprint density at radius 3 is 2.75 bits per heavy atom. The smallest absolute Gasteiger partial charge is 0.290 e. The van der Waals surface area contributed by atoms with Crippen molar-refractivity contribution in [2.24, 2.45) is 0 Å². The summed E-state index contributed by atoms with van der Waals surface area (Å²) in [5, 5.41) is 2.83. The highest BCUT2D eigenvalue weighted by molar-refractivity contribution is 5.93. The van der Waals surface area contributed by atoms with Crippen LogP contribution in [0.5, 0.6) is 0 Å². The minimum atomic E-state index is -0.249. The molecule has 7 nitrogen and oxygen atoms in total. The fourth-order valence-corrected chi connectivity index (χ4v) is 3.30. The number of carbonyl (C=O) groups is 2. The summed E-state index contributed by atoms with van der Waals surface area (Å²) in [5.74, 6) is 0.0785. The van der Waals surface area contributed by atoms with E-state index in [1.807, 2.05) is 54.1 Å². The van der Waals surface area contributed by atoms with E-state index in [0.717, 1.165) is 11.1 Å². The zero-order valence-corrected chi connectivity index (χ0v) is 15.6. The first-order valence-electron chi connectivity index (χ1n) is 9.21. The summed E-state index contributed by atoms with van der Waals surface area (Å²) < 4.78 is 1.86. The van der Waals surface area contributed by atoms with Crippen LogP contribution in [-0.2, 0) is 19.6 Å². The van der Waals surface area contributed by atoms with Gasteiger partial charge in [0.2, 0.25) is 0 Å². The van der Waals surface area contributed by atoms with Gasteiger partial charge in [-0.2, -0.15) is 0 Å². The van der Waals surface area contributed by atoms with Gasteiger partial charge in [0.15, 0.2) is 5.82 Å². The van der Waals surface area contributed by atoms with E-state index in [-0.39, 0.29) is 18.4 Å². The van der Waals surface area contributed by atoms with E-state index < -0.39 is 0 Å². The highest BCUT2D eigenvalue weighted by Crippen LogP contribution is 2.16. The van der Waals surface area contributed by atoms with Gasteiger partial charge < -0.3 is 14.8 Å². The number of fused-ring (bicyclic) bond motifs is 1. The van der Waals surface area contributed by atoms with E-state index in [0.29, 0.717) is 36.8 Å². The average Bonchev–Trinajstić information content (AvgIpc) is 3.13. The Labute approximate surface area is 163 Å². The topological polar surface area (TPSA) is 80.1 Å². The standard InChI is InChI=1S/C21H21N5O2/c1-15-6-5-9-22-18(15)20(27)23-12-17-14-25-10-11-26(21(28)19(25)24-17)13-16-7-3-2-4-8-16/h2-9,14H,10-13H2,1H3,(H,23,27). The van der Waals surface area contributed by atoms with E-state index in [1.165, 1.54) is 0 Å². The second-order valence-corrected chi connectivity index (χ2v) is 6.81. The third-order valence-corrected chi connectivity index (χ3v) is 4.79. The number of amides is 2. The monoisotopic (exact) mass is 375 g/mol. The van der Waals surface area contributed by atoms with Gasteiger partial charge in [0.05, 0.1) is 12.2 Å². The van der Waals surface area contributed by atoms with Crippen LogP contribution in [0.2, 0.25) is 0 Å². The van der Waals surface area contributed by atoms with Crippen molar-refractivity contribution in [3.63, 3.8) is 0 Å². The molecule has 0 spiro atoms. The van der Waals surface area contributed by atoms with Crippen LogP contribution >= 0.6 is 0 Å². The van der Waals surface area contributed by atoms with E-state index in [2.05, 4.69) is 15.3 Å². The first-order valence-corrected chi connectivity index (χ1v) is 9.21. The van der Waals surface area contributed by atoms with Crippen LogP contribution in [0.4, 0.5) is 0 Å². The maximum Gasteiger partial charge on any atom is 0.290 e. The van der Waals surface area contributed by atoms with Gasteiger partial charge in [-0.15, -0.1) is 0 Å². The molecule has 3 heterocycles. The van der Waals surface area contributed by atoms with Gasteiger partial charge in [-0.1, -0.05) is 36.4 Å². The third kappa shape index (κ3) is 3.64. The SMILES string of the molecule is Cc1cccnc1C(=O)NCc1cn2c(n1)C(=O)N(Cc1ccccc1)CC2. The van der Waals surface area contributed by atoms with Crippen LogP contribution in [0.3, 0.4) is 0 Å². The molecule has 4 rings (SSSR count). The number of nitrogens with zero attached hydrogens (tertiary/aromatic N) is 4. The summed E-state index contributed by atoms with van der Waals surface area (Å²) in [5.41, 5.74) is 2.97. The van der Waals surface area contributed by atoms with Gasteiger partial charge in [0, 0.05) is 32.0 Å². The molecule has 2 aromatic heterocycles. The van der Waals surface area contributed by atoms with E-state index >= 15 is 0 Å². The van der Waals surface area contributed by atoms with E-state index in [9.17, 15) is 9.59 Å². The maximum absolute atomic E-state index is 12.8. The molecule has 2 amide bonds. The molecule has 0 atom stereocenters. The molecule has 0 fully saturated rings. The summed E-state index contributed by atoms with van der Waals surface area (Å²) in [6.07, 6.45) is 3.43. The van der Waals surface area contributed by atoms with Crippen LogP contribution < -0.4 is 5.32 Å². The lowest BCUT2D eigenvalue weighted by Gasteiger charge is -2.27. The largest absolute Gasteiger partial charge is 0.345 e. The second-order valence-electron chi connectivity index (χ2n) is 6.81. The van der Waals surface area contributed by atoms with Crippen molar-refractivity contribution in [2.75, 3.05) is 6.54 Å². The van der Waals surface area contributed by atoms with Crippen molar-refractivity contribution in [3.05, 3.63) is 83.2 Å². The Balaban J connectivity index is 1.43. The molecule has 0 saturated heterocycles. The molecule has 1 aliphatic rings. The lowest BCUT2D eigenvalue weighted by molar-refractivity contribution is 0.0683. The molecule has 0 bridgehead atoms. The zero-order valence-electron chi connectivity index (χ0n) is 15.6. The molecule has 0 radical (unpaired) electrons. The molecule has 1 aliphatic heterocycles. The number of aryl methyl sites for hydroxylation is 1. The summed E-state index contributed by atoms with van der Waals surface area (Å²) >= 11 is 0. The van der Waals surface area contributed by atoms with Gasteiger partial charge >= 0.3 is 0 Å². The molecule has 28 heavy (non-hydrogen) atoms. The van der Waals surface area contributed by atoms with Gasteiger partial charge in [0.25, 0.3) is 11.8 Å². The maximum atomic E-state index is 12.8. The van der Waals surface area contributed by atoms with Crippen molar-refractivity contribution in [3.8, 4) is 0 Å². The van der Waals surface area contributed by atoms with Crippen LogP contribution in [0, 0.1) is 6.92 Å². The number of nitrogens with one attached hydrogen (secondary N) is 1. The predicted molar refractivity (Wildman–Crippen MR) is 104 cm³/mol. The van der Waals surface area contributed by atoms with Crippen molar-refractivity contribution in [1.29, 1.82) is 0 Å². The molecular weight excluding hydrogens is 354 g/mol. The van der Waals surface area contributed by atoms with Crippen molar-refractivity contribution >= 4 is 11.8 Å². The van der Waals surface area contributed by atoms with Crippen LogP contribution in [0.15, 0.2) is 54.9 Å². The van der Waals surface area contributed by atoms with E-state index in [1.54, 1.807) is 17.2 Å². The van der Waals surface area contributed by atoms with Crippen molar-refractivity contribution in [1.82, 2.24) is 24.8 Å². The molecule has 1 aromatic carbocycles. The number of rotatable bonds is 5. The minimum absolute atomic E-state index is 0.0896. The van der Waals surface area contributed by atoms with Crippen LogP contribution in [-0.4, -0.2) is 37.8 Å². The highest BCUT2D eigenvalue weighted by atomic mass is 16.2. The van der Waals surface area contributed by atoms with Gasteiger partial charge in [0.1, 0.15) is 5.69 Å². The normalized spacial score (nSPS) is 13.3. The summed E-state index contributed by atoms with van der Waals surface area (Å²) in [6, 6.07) is 13.5. The van der Waals surface area contributed by atoms with Crippen LogP contribution in [0.1, 0.15) is 37.9 Å². The first-order chi connectivity index (χ1) is 13.6. The van der Waals surface area contributed by atoms with Gasteiger partial charge in [-0.3, -0.25) is 14.6 Å². The lowest BCUT2D eigenvalue weighted by atomic mass is 10.2. The number of aromatic nitrogens is 3. The molecule has 1 N–H and O–H groups in total. The van der Waals surface area contributed by atoms with Crippen molar-refractivity contribution in [2.45, 2.75) is 26.6 Å². The number of benzene rings is 1. The van der Waals surface area contributed by atoms with E-state index in [4.69, 9.17) is 0 Å². The van der Waals surface area contributed by atoms with Gasteiger partial charge in [-0.25, -0.2) is 4.98 Å². The molecule has 0 saturated carbocycles. The zero-order chi connectivity index (χ0) is 19.5. The average molecular weight is 375 g/mol. The van der Waals surface area contributed by atoms with Crippen molar-refractivity contribution < 1.29 is 9.59 Å². The molecule has 0 aliphatic carbocycles. The molecule has 142 valence electrons. The summed E-state index contributed by atoms with van der Waals surface area (Å²) in [6.45, 7) is 3.99. The third-order valence-electron chi connectivity index (χ3n) is 4.79. The number of hydrogen-bond acceptors (Lipinski definition) is 4. The first kappa shape index (κ1) is 17.9. The predicted octanol–water partition coefficient (Wildman–Crippen LogP) is 2.17. The minimum Gasteiger partial charge on any atom is -0.345 e. The fraction of sp³-hybridized carbons (Fsp3) is 0.238. The Hall–Kier alpha value is -3.48. The Kier molecular flexibility index (Phi) is 4.89. The Morgan fingerprint density at radius 2 is 1.96 bits per heavy atom. The number of carbonyl (C=O) groups excluding carboxylic acids is 2. The Morgan fingerprint density at radius 1 is 1.14 bits per heavy atom. The molecular formula is C21H21N5O2. The summed E-state index contributed by atoms with van der Waals surface area (Å²) in [7, 11) is 0. The summed E-state index contributed by atoms with van der Waals surface area (Å²) in [4.78, 5) is 35.5. The quantitative estimate of drug-likeness (QED) is 0.741. The van der Waals surface area contributed by atoms with Gasteiger partial charge in [-0.05, 0) is 24.1 Å². The fourth-order valence-electron chi connectivity index (χ4n) is 3.30. The lowest BCUT2D eigenvalue weighted by Crippen LogP contribution is -2.39. The second kappa shape index (κ2) is 7.64. The number of hydrogen-bond donors (Lipinski definition) is 1. The van der Waals surface area contributed by atoms with Crippen LogP contribution in [0.25, 0.3) is 0 Å². The Bertz CT molecular complexity index is 1010. The number of imidazole rings is 1. The number of pyridine rings is 1.